The molecule has 2 aromatic carbocycles. The molecule has 1 N–H and O–H groups in total. The second-order valence-corrected chi connectivity index (χ2v) is 6.35. The third-order valence-electron chi connectivity index (χ3n) is 4.70. The Balaban J connectivity index is 3.09. The molecular formula is C21H24O6. The molecule has 0 saturated heterocycles. The van der Waals surface area contributed by atoms with Crippen LogP contribution in [0.5, 0.6) is 11.5 Å². The molecule has 0 amide bonds. The van der Waals surface area contributed by atoms with Crippen LogP contribution in [0.15, 0.2) is 12.1 Å². The van der Waals surface area contributed by atoms with E-state index in [1.54, 1.807) is 32.9 Å². The molecule has 0 aromatic heterocycles. The highest BCUT2D eigenvalue weighted by Crippen LogP contribution is 2.43. The molecule has 27 heavy (non-hydrogen) atoms. The molecule has 6 heteroatoms. The second kappa shape index (κ2) is 7.70. The minimum Gasteiger partial charge on any atom is -0.496 e. The Morgan fingerprint density at radius 2 is 1.19 bits per heavy atom. The fraction of sp³-hybridized carbons (Fsp3) is 0.333. The average Bonchev–Trinajstić information content (AvgIpc) is 2.61. The highest BCUT2D eigenvalue weighted by molar-refractivity contribution is 6.05. The maximum absolute atomic E-state index is 12.5. The Morgan fingerprint density at radius 1 is 0.778 bits per heavy atom. The van der Waals surface area contributed by atoms with Gasteiger partial charge < -0.3 is 19.3 Å². The van der Waals surface area contributed by atoms with Gasteiger partial charge in [-0.1, -0.05) is 0 Å². The van der Waals surface area contributed by atoms with Gasteiger partial charge in [0.15, 0.2) is 0 Å². The smallest absolute Gasteiger partial charge is 0.338 e. The Morgan fingerprint density at radius 3 is 1.56 bits per heavy atom. The van der Waals surface area contributed by atoms with Crippen molar-refractivity contribution in [1.82, 2.24) is 0 Å². The van der Waals surface area contributed by atoms with Gasteiger partial charge in [-0.3, -0.25) is 0 Å². The maximum atomic E-state index is 12.5. The zero-order valence-corrected chi connectivity index (χ0v) is 16.6. The molecule has 0 spiro atoms. The minimum absolute atomic E-state index is 0.0879. The van der Waals surface area contributed by atoms with Crippen molar-refractivity contribution in [3.05, 3.63) is 45.5 Å². The second-order valence-electron chi connectivity index (χ2n) is 6.35. The molecule has 0 unspecified atom stereocenters. The standard InChI is InChI=1S/C21H24O6/c1-10-8-14(20(22)23)16(12(3)18(10)25-5)17-13(4)19(26-6)11(2)9-15(17)21(24)27-7/h8-9H,1-7H3,(H,22,23). The molecule has 0 aliphatic heterocycles. The van der Waals surface area contributed by atoms with Crippen LogP contribution in [0.25, 0.3) is 11.1 Å². The van der Waals surface area contributed by atoms with E-state index in [0.717, 1.165) is 5.56 Å². The maximum Gasteiger partial charge on any atom is 0.338 e. The number of benzene rings is 2. The minimum atomic E-state index is -1.09. The van der Waals surface area contributed by atoms with Gasteiger partial charge in [0.25, 0.3) is 0 Å². The molecule has 0 aliphatic rings. The van der Waals surface area contributed by atoms with Gasteiger partial charge >= 0.3 is 11.9 Å². The predicted molar refractivity (Wildman–Crippen MR) is 102 cm³/mol. The highest BCUT2D eigenvalue weighted by atomic mass is 16.5. The summed E-state index contributed by atoms with van der Waals surface area (Å²) in [7, 11) is 4.36. The lowest BCUT2D eigenvalue weighted by molar-refractivity contribution is 0.0600. The van der Waals surface area contributed by atoms with Gasteiger partial charge in [0, 0.05) is 22.3 Å². The van der Waals surface area contributed by atoms with E-state index in [0.29, 0.717) is 39.3 Å². The van der Waals surface area contributed by atoms with Crippen molar-refractivity contribution in [1.29, 1.82) is 0 Å². The van der Waals surface area contributed by atoms with Crippen LogP contribution in [0.1, 0.15) is 43.0 Å². The first-order chi connectivity index (χ1) is 12.7. The zero-order chi connectivity index (χ0) is 20.5. The summed E-state index contributed by atoms with van der Waals surface area (Å²) in [5.74, 6) is -0.472. The molecule has 0 atom stereocenters. The van der Waals surface area contributed by atoms with Crippen LogP contribution in [0, 0.1) is 27.7 Å². The summed E-state index contributed by atoms with van der Waals surface area (Å²) < 4.78 is 15.9. The first-order valence-electron chi connectivity index (χ1n) is 8.37. The summed E-state index contributed by atoms with van der Waals surface area (Å²) in [4.78, 5) is 24.5. The summed E-state index contributed by atoms with van der Waals surface area (Å²) in [5, 5.41) is 9.81. The van der Waals surface area contributed by atoms with Crippen molar-refractivity contribution >= 4 is 11.9 Å². The fourth-order valence-electron chi connectivity index (χ4n) is 3.64. The molecule has 2 rings (SSSR count). The number of methoxy groups -OCH3 is 3. The Kier molecular flexibility index (Phi) is 5.78. The first-order valence-corrected chi connectivity index (χ1v) is 8.37. The largest absolute Gasteiger partial charge is 0.496 e. The van der Waals surface area contributed by atoms with Crippen LogP contribution in [-0.2, 0) is 4.74 Å². The van der Waals surface area contributed by atoms with Crippen molar-refractivity contribution in [3.8, 4) is 22.6 Å². The molecule has 0 aliphatic carbocycles. The Hall–Kier alpha value is -3.02. The summed E-state index contributed by atoms with van der Waals surface area (Å²) in [6, 6.07) is 3.21. The molecule has 0 radical (unpaired) electrons. The number of carboxylic acids is 1. The topological polar surface area (TPSA) is 82.1 Å². The summed E-state index contributed by atoms with van der Waals surface area (Å²) >= 11 is 0. The van der Waals surface area contributed by atoms with Crippen molar-refractivity contribution in [2.45, 2.75) is 27.7 Å². The van der Waals surface area contributed by atoms with E-state index in [1.807, 2.05) is 6.92 Å². The van der Waals surface area contributed by atoms with Crippen LogP contribution in [-0.4, -0.2) is 38.4 Å². The number of aryl methyl sites for hydroxylation is 2. The van der Waals surface area contributed by atoms with Gasteiger partial charge in [0.05, 0.1) is 32.5 Å². The van der Waals surface area contributed by atoms with E-state index < -0.39 is 11.9 Å². The number of aromatic carboxylic acids is 1. The fourth-order valence-corrected chi connectivity index (χ4v) is 3.64. The van der Waals surface area contributed by atoms with E-state index >= 15 is 0 Å². The first kappa shape index (κ1) is 20.3. The van der Waals surface area contributed by atoms with Crippen molar-refractivity contribution in [3.63, 3.8) is 0 Å². The van der Waals surface area contributed by atoms with Gasteiger partial charge in [0.1, 0.15) is 11.5 Å². The van der Waals surface area contributed by atoms with Crippen molar-refractivity contribution in [2.24, 2.45) is 0 Å². The predicted octanol–water partition coefficient (Wildman–Crippen LogP) is 4.09. The molecule has 0 bridgehead atoms. The van der Waals surface area contributed by atoms with E-state index in [9.17, 15) is 14.7 Å². The molecule has 0 saturated carbocycles. The van der Waals surface area contributed by atoms with Crippen LogP contribution in [0.3, 0.4) is 0 Å². The number of carbonyl (C=O) groups excluding carboxylic acids is 1. The normalized spacial score (nSPS) is 10.5. The van der Waals surface area contributed by atoms with Gasteiger partial charge in [0.2, 0.25) is 0 Å². The van der Waals surface area contributed by atoms with Gasteiger partial charge in [-0.15, -0.1) is 0 Å². The number of hydrogen-bond acceptors (Lipinski definition) is 5. The number of hydrogen-bond donors (Lipinski definition) is 1. The van der Waals surface area contributed by atoms with Gasteiger partial charge in [-0.2, -0.15) is 0 Å². The summed E-state index contributed by atoms with van der Waals surface area (Å²) in [6.45, 7) is 7.18. The molecular weight excluding hydrogens is 348 g/mol. The third-order valence-corrected chi connectivity index (χ3v) is 4.70. The average molecular weight is 372 g/mol. The van der Waals surface area contributed by atoms with Crippen LogP contribution in [0.4, 0.5) is 0 Å². The number of ether oxygens (including phenoxy) is 3. The van der Waals surface area contributed by atoms with Crippen LogP contribution >= 0.6 is 0 Å². The Labute approximate surface area is 158 Å². The van der Waals surface area contributed by atoms with Crippen molar-refractivity contribution < 1.29 is 28.9 Å². The lowest BCUT2D eigenvalue weighted by Crippen LogP contribution is -2.11. The molecule has 144 valence electrons. The number of carbonyl (C=O) groups is 2. The van der Waals surface area contributed by atoms with Gasteiger partial charge in [-0.25, -0.2) is 9.59 Å². The SMILES string of the molecule is COC(=O)c1cc(C)c(OC)c(C)c1-c1c(C(=O)O)cc(C)c(OC)c1C. The number of esters is 1. The van der Waals surface area contributed by atoms with Gasteiger partial charge in [-0.05, 0) is 51.0 Å². The molecule has 0 fully saturated rings. The summed E-state index contributed by atoms with van der Waals surface area (Å²) in [5.41, 5.74) is 4.01. The van der Waals surface area contributed by atoms with E-state index in [1.165, 1.54) is 21.3 Å². The highest BCUT2D eigenvalue weighted by Gasteiger charge is 2.27. The lowest BCUT2D eigenvalue weighted by atomic mass is 9.85. The molecule has 6 nitrogen and oxygen atoms in total. The van der Waals surface area contributed by atoms with E-state index in [-0.39, 0.29) is 11.1 Å². The molecule has 2 aromatic rings. The van der Waals surface area contributed by atoms with Crippen molar-refractivity contribution in [2.75, 3.05) is 21.3 Å². The van der Waals surface area contributed by atoms with E-state index in [2.05, 4.69) is 0 Å². The molecule has 0 heterocycles. The Bertz CT molecular complexity index is 927. The number of rotatable bonds is 5. The lowest BCUT2D eigenvalue weighted by Gasteiger charge is -2.22. The van der Waals surface area contributed by atoms with Crippen LogP contribution in [0.2, 0.25) is 0 Å². The number of carboxylic acid groups (broad SMARTS) is 1. The zero-order valence-electron chi connectivity index (χ0n) is 16.6. The summed E-state index contributed by atoms with van der Waals surface area (Å²) in [6.07, 6.45) is 0. The quantitative estimate of drug-likeness (QED) is 0.796. The van der Waals surface area contributed by atoms with Crippen LogP contribution < -0.4 is 9.47 Å². The monoisotopic (exact) mass is 372 g/mol. The third kappa shape index (κ3) is 3.35. The van der Waals surface area contributed by atoms with E-state index in [4.69, 9.17) is 14.2 Å².